The average Bonchev–Trinajstić information content (AvgIpc) is 3.33. The van der Waals surface area contributed by atoms with E-state index >= 15 is 0 Å². The van der Waals surface area contributed by atoms with E-state index < -0.39 is 17.0 Å². The lowest BCUT2D eigenvalue weighted by Gasteiger charge is -2.39. The van der Waals surface area contributed by atoms with Gasteiger partial charge in [0.2, 0.25) is 5.91 Å². The number of carbonyl (C=O) groups excluding carboxylic acids is 2. The lowest BCUT2D eigenvalue weighted by atomic mass is 9.78. The summed E-state index contributed by atoms with van der Waals surface area (Å²) in [6.07, 6.45) is 2.07. The summed E-state index contributed by atoms with van der Waals surface area (Å²) < 4.78 is 27.5. The summed E-state index contributed by atoms with van der Waals surface area (Å²) in [6.45, 7) is 1.41. The lowest BCUT2D eigenvalue weighted by molar-refractivity contribution is -0.146. The minimum absolute atomic E-state index is 0.0458. The molecule has 1 aromatic heterocycles. The highest BCUT2D eigenvalue weighted by Gasteiger charge is 2.49. The number of aromatic nitrogens is 1. The highest BCUT2D eigenvalue weighted by Crippen LogP contribution is 2.41. The molecule has 8 heteroatoms. The fraction of sp³-hybridized carbons (Fsp3) is 0.421. The second kappa shape index (κ2) is 6.99. The molecule has 2 aliphatic rings. The topological polar surface area (TPSA) is 53.5 Å². The summed E-state index contributed by atoms with van der Waals surface area (Å²) in [5, 5.41) is 1.70. The molecule has 3 heterocycles. The first-order chi connectivity index (χ1) is 13.0. The van der Waals surface area contributed by atoms with E-state index in [1.165, 1.54) is 23.5 Å². The molecule has 2 aromatic rings. The maximum absolute atomic E-state index is 14.0. The highest BCUT2D eigenvalue weighted by atomic mass is 32.1. The van der Waals surface area contributed by atoms with Gasteiger partial charge in [-0.1, -0.05) is 12.1 Å². The zero-order valence-corrected chi connectivity index (χ0v) is 15.5. The van der Waals surface area contributed by atoms with Gasteiger partial charge < -0.3 is 9.80 Å². The van der Waals surface area contributed by atoms with Crippen LogP contribution in [0.4, 0.5) is 8.78 Å². The van der Waals surface area contributed by atoms with Crippen LogP contribution in [0.2, 0.25) is 0 Å². The van der Waals surface area contributed by atoms with Crippen LogP contribution in [-0.4, -0.2) is 46.2 Å². The molecule has 4 rings (SSSR count). The Balaban J connectivity index is 1.50. The van der Waals surface area contributed by atoms with Crippen LogP contribution >= 0.6 is 11.3 Å². The van der Waals surface area contributed by atoms with Gasteiger partial charge >= 0.3 is 0 Å². The number of hydrogen-bond acceptors (Lipinski definition) is 4. The Hall–Kier alpha value is -2.35. The molecule has 5 nitrogen and oxygen atoms in total. The molecule has 0 saturated carbocycles. The van der Waals surface area contributed by atoms with Crippen LogP contribution in [0.25, 0.3) is 0 Å². The van der Waals surface area contributed by atoms with E-state index in [-0.39, 0.29) is 23.9 Å². The predicted molar refractivity (Wildman–Crippen MR) is 96.1 cm³/mol. The van der Waals surface area contributed by atoms with Gasteiger partial charge in [-0.2, -0.15) is 0 Å². The molecule has 2 saturated heterocycles. The number of hydrogen-bond donors (Lipinski definition) is 0. The van der Waals surface area contributed by atoms with E-state index in [9.17, 15) is 18.4 Å². The fourth-order valence-electron chi connectivity index (χ4n) is 4.08. The van der Waals surface area contributed by atoms with Crippen molar-refractivity contribution >= 4 is 23.2 Å². The summed E-state index contributed by atoms with van der Waals surface area (Å²) in [5.74, 6) is -2.05. The van der Waals surface area contributed by atoms with Crippen LogP contribution in [0.15, 0.2) is 29.1 Å². The maximum atomic E-state index is 14.0. The first kappa shape index (κ1) is 18.0. The van der Waals surface area contributed by atoms with Gasteiger partial charge in [0.15, 0.2) is 11.6 Å². The number of nitrogens with zero attached hydrogens (tertiary/aromatic N) is 3. The Morgan fingerprint density at radius 3 is 2.89 bits per heavy atom. The molecule has 1 aromatic carbocycles. The van der Waals surface area contributed by atoms with Crippen molar-refractivity contribution < 1.29 is 18.4 Å². The Morgan fingerprint density at radius 2 is 2.11 bits per heavy atom. The molecule has 0 aliphatic carbocycles. The third kappa shape index (κ3) is 3.22. The van der Waals surface area contributed by atoms with Crippen LogP contribution in [-0.2, 0) is 11.3 Å². The van der Waals surface area contributed by atoms with Crippen molar-refractivity contribution in [2.24, 2.45) is 5.41 Å². The Morgan fingerprint density at radius 1 is 1.26 bits per heavy atom. The number of piperidine rings is 1. The Labute approximate surface area is 159 Å². The summed E-state index contributed by atoms with van der Waals surface area (Å²) in [6, 6.07) is 4.01. The van der Waals surface area contributed by atoms with Gasteiger partial charge in [-0.25, -0.2) is 13.8 Å². The first-order valence-electron chi connectivity index (χ1n) is 8.90. The van der Waals surface area contributed by atoms with E-state index in [0.717, 1.165) is 12.5 Å². The van der Waals surface area contributed by atoms with Crippen LogP contribution in [0.3, 0.4) is 0 Å². The zero-order valence-electron chi connectivity index (χ0n) is 14.7. The Kier molecular flexibility index (Phi) is 4.67. The summed E-state index contributed by atoms with van der Waals surface area (Å²) >= 11 is 1.36. The standard InChI is InChI=1S/C19H19F2N3O2S/c20-14-4-1-3-13(16(14)21)9-23-7-2-5-19(18(23)26)6-8-24(11-19)17(25)15-10-27-12-22-15/h1,3-4,10,12H,2,5-9,11H2. The number of halogens is 2. The fourth-order valence-corrected chi connectivity index (χ4v) is 4.61. The number of thiazole rings is 1. The van der Waals surface area contributed by atoms with Crippen molar-refractivity contribution in [2.75, 3.05) is 19.6 Å². The van der Waals surface area contributed by atoms with Crippen molar-refractivity contribution in [1.82, 2.24) is 14.8 Å². The third-order valence-electron chi connectivity index (χ3n) is 5.51. The van der Waals surface area contributed by atoms with Gasteiger partial charge in [-0.05, 0) is 25.3 Å². The van der Waals surface area contributed by atoms with E-state index in [1.54, 1.807) is 20.7 Å². The zero-order chi connectivity index (χ0) is 19.0. The van der Waals surface area contributed by atoms with Gasteiger partial charge in [0.25, 0.3) is 5.91 Å². The molecule has 27 heavy (non-hydrogen) atoms. The van der Waals surface area contributed by atoms with Gasteiger partial charge in [-0.3, -0.25) is 9.59 Å². The number of rotatable bonds is 3. The van der Waals surface area contributed by atoms with Gasteiger partial charge in [0.1, 0.15) is 5.69 Å². The molecule has 0 bridgehead atoms. The molecule has 0 N–H and O–H groups in total. The molecule has 2 amide bonds. The van der Waals surface area contributed by atoms with Crippen molar-refractivity contribution in [3.8, 4) is 0 Å². The Bertz CT molecular complexity index is 874. The lowest BCUT2D eigenvalue weighted by Crippen LogP contribution is -2.50. The van der Waals surface area contributed by atoms with Crippen molar-refractivity contribution in [3.05, 3.63) is 52.0 Å². The number of likely N-dealkylation sites (tertiary alicyclic amines) is 2. The van der Waals surface area contributed by atoms with Crippen LogP contribution in [0, 0.1) is 17.0 Å². The van der Waals surface area contributed by atoms with Crippen LogP contribution < -0.4 is 0 Å². The van der Waals surface area contributed by atoms with Crippen LogP contribution in [0.5, 0.6) is 0 Å². The molecule has 2 fully saturated rings. The minimum atomic E-state index is -0.910. The van der Waals surface area contributed by atoms with E-state index in [2.05, 4.69) is 4.98 Å². The van der Waals surface area contributed by atoms with E-state index in [4.69, 9.17) is 0 Å². The van der Waals surface area contributed by atoms with Crippen molar-refractivity contribution in [1.29, 1.82) is 0 Å². The molecule has 142 valence electrons. The van der Waals surface area contributed by atoms with Crippen molar-refractivity contribution in [2.45, 2.75) is 25.8 Å². The minimum Gasteiger partial charge on any atom is -0.338 e. The summed E-state index contributed by atoms with van der Waals surface area (Å²) in [4.78, 5) is 33.0. The van der Waals surface area contributed by atoms with Gasteiger partial charge in [0, 0.05) is 37.1 Å². The van der Waals surface area contributed by atoms with Crippen molar-refractivity contribution in [3.63, 3.8) is 0 Å². The smallest absolute Gasteiger partial charge is 0.273 e. The summed E-state index contributed by atoms with van der Waals surface area (Å²) in [7, 11) is 0. The van der Waals surface area contributed by atoms with Crippen LogP contribution in [0.1, 0.15) is 35.3 Å². The predicted octanol–water partition coefficient (Wildman–Crippen LogP) is 3.08. The molecular weight excluding hydrogens is 372 g/mol. The monoisotopic (exact) mass is 391 g/mol. The third-order valence-corrected chi connectivity index (χ3v) is 6.10. The maximum Gasteiger partial charge on any atom is 0.273 e. The molecule has 1 atom stereocenters. The molecule has 1 unspecified atom stereocenters. The SMILES string of the molecule is O=C(c1cscn1)N1CCC2(CCCN(Cc3cccc(F)c3F)C2=O)C1. The number of amides is 2. The molecule has 1 spiro atoms. The largest absolute Gasteiger partial charge is 0.338 e. The van der Waals surface area contributed by atoms with E-state index in [1.807, 2.05) is 0 Å². The highest BCUT2D eigenvalue weighted by molar-refractivity contribution is 7.07. The quantitative estimate of drug-likeness (QED) is 0.808. The molecule has 0 radical (unpaired) electrons. The number of benzene rings is 1. The first-order valence-corrected chi connectivity index (χ1v) is 9.84. The van der Waals surface area contributed by atoms with E-state index in [0.29, 0.717) is 38.2 Å². The second-order valence-electron chi connectivity index (χ2n) is 7.17. The average molecular weight is 391 g/mol. The normalized spacial score (nSPS) is 22.7. The molecular formula is C19H19F2N3O2S. The number of carbonyl (C=O) groups is 2. The molecule has 2 aliphatic heterocycles. The van der Waals surface area contributed by atoms with Gasteiger partial charge in [-0.15, -0.1) is 11.3 Å². The second-order valence-corrected chi connectivity index (χ2v) is 7.89. The summed E-state index contributed by atoms with van der Waals surface area (Å²) in [5.41, 5.74) is 1.56. The van der Waals surface area contributed by atoms with Gasteiger partial charge in [0.05, 0.1) is 10.9 Å².